The van der Waals surface area contributed by atoms with Crippen LogP contribution in [-0.2, 0) is 4.79 Å². The molecular formula is C21H21N5O4. The van der Waals surface area contributed by atoms with Gasteiger partial charge in [-0.3, -0.25) is 14.9 Å². The summed E-state index contributed by atoms with van der Waals surface area (Å²) in [6.07, 6.45) is 2.85. The number of nitro benzene ring substituents is 1. The van der Waals surface area contributed by atoms with Gasteiger partial charge in [0, 0.05) is 25.1 Å². The highest BCUT2D eigenvalue weighted by Crippen LogP contribution is 2.30. The normalized spacial score (nSPS) is 14.5. The van der Waals surface area contributed by atoms with Crippen molar-refractivity contribution in [3.8, 4) is 11.5 Å². The van der Waals surface area contributed by atoms with Gasteiger partial charge in [-0.1, -0.05) is 12.1 Å². The highest BCUT2D eigenvalue weighted by Gasteiger charge is 2.28. The Bertz CT molecular complexity index is 1040. The number of para-hydroxylation sites is 1. The highest BCUT2D eigenvalue weighted by atomic mass is 16.6. The van der Waals surface area contributed by atoms with Crippen LogP contribution in [0.2, 0.25) is 0 Å². The average Bonchev–Trinajstić information content (AvgIpc) is 3.30. The first-order valence-electron chi connectivity index (χ1n) is 9.70. The van der Waals surface area contributed by atoms with E-state index in [2.05, 4.69) is 20.4 Å². The molecule has 2 aromatic heterocycles. The summed E-state index contributed by atoms with van der Waals surface area (Å²) in [5.74, 6) is 1.01. The van der Waals surface area contributed by atoms with Gasteiger partial charge in [-0.25, -0.2) is 0 Å². The lowest BCUT2D eigenvalue weighted by Crippen LogP contribution is -2.38. The number of anilines is 2. The first-order valence-corrected chi connectivity index (χ1v) is 9.70. The van der Waals surface area contributed by atoms with Gasteiger partial charge >= 0.3 is 0 Å². The fraction of sp³-hybridized carbons (Fsp3) is 0.286. The predicted octanol–water partition coefficient (Wildman–Crippen LogP) is 3.81. The number of amides is 1. The predicted molar refractivity (Wildman–Crippen MR) is 111 cm³/mol. The maximum absolute atomic E-state index is 12.7. The van der Waals surface area contributed by atoms with Crippen molar-refractivity contribution in [2.45, 2.75) is 19.8 Å². The molecule has 0 radical (unpaired) electrons. The van der Waals surface area contributed by atoms with Gasteiger partial charge in [-0.2, -0.15) is 0 Å². The summed E-state index contributed by atoms with van der Waals surface area (Å²) < 4.78 is 5.32. The molecule has 0 saturated carbocycles. The number of hydrogen-bond acceptors (Lipinski definition) is 7. The molecule has 1 N–H and O–H groups in total. The minimum Gasteiger partial charge on any atom is -0.463 e. The standard InChI is InChI=1S/C21H21N5O4/c1-14-4-2-5-17(26(28)29)20(14)22-21(27)15-9-11-25(12-10-15)19-8-7-16(23-24-19)18-6-3-13-30-18/h2-8,13,15H,9-12H2,1H3,(H,22,27). The van der Waals surface area contributed by atoms with Crippen molar-refractivity contribution < 1.29 is 14.1 Å². The van der Waals surface area contributed by atoms with E-state index in [-0.39, 0.29) is 23.2 Å². The number of carbonyl (C=O) groups is 1. The van der Waals surface area contributed by atoms with E-state index in [4.69, 9.17) is 4.42 Å². The van der Waals surface area contributed by atoms with Crippen LogP contribution in [0, 0.1) is 23.0 Å². The van der Waals surface area contributed by atoms with E-state index in [1.54, 1.807) is 31.4 Å². The Kier molecular flexibility index (Phi) is 5.42. The molecule has 0 aliphatic carbocycles. The summed E-state index contributed by atoms with van der Waals surface area (Å²) in [6, 6.07) is 12.1. The van der Waals surface area contributed by atoms with Crippen molar-refractivity contribution in [2.24, 2.45) is 5.92 Å². The maximum Gasteiger partial charge on any atom is 0.293 e. The van der Waals surface area contributed by atoms with Crippen molar-refractivity contribution in [1.82, 2.24) is 10.2 Å². The minimum absolute atomic E-state index is 0.0901. The summed E-state index contributed by atoms with van der Waals surface area (Å²) in [4.78, 5) is 25.6. The molecule has 4 rings (SSSR count). The third kappa shape index (κ3) is 4.00. The van der Waals surface area contributed by atoms with E-state index in [1.807, 2.05) is 18.2 Å². The zero-order valence-corrected chi connectivity index (χ0v) is 16.4. The lowest BCUT2D eigenvalue weighted by Gasteiger charge is -2.31. The number of nitrogens with zero attached hydrogens (tertiary/aromatic N) is 4. The van der Waals surface area contributed by atoms with Crippen molar-refractivity contribution in [3.63, 3.8) is 0 Å². The molecule has 0 spiro atoms. The summed E-state index contributed by atoms with van der Waals surface area (Å²) in [5, 5.41) is 22.5. The number of rotatable bonds is 5. The maximum atomic E-state index is 12.7. The van der Waals surface area contributed by atoms with Crippen LogP contribution in [0.3, 0.4) is 0 Å². The van der Waals surface area contributed by atoms with E-state index in [1.165, 1.54) is 6.07 Å². The van der Waals surface area contributed by atoms with Crippen molar-refractivity contribution in [3.05, 3.63) is 64.4 Å². The second kappa shape index (κ2) is 8.32. The number of furan rings is 1. The molecule has 1 saturated heterocycles. The van der Waals surface area contributed by atoms with E-state index in [0.717, 1.165) is 5.82 Å². The topological polar surface area (TPSA) is 114 Å². The molecule has 1 fully saturated rings. The van der Waals surface area contributed by atoms with Gasteiger partial charge in [-0.15, -0.1) is 10.2 Å². The van der Waals surface area contributed by atoms with Gasteiger partial charge in [0.25, 0.3) is 5.69 Å². The first-order chi connectivity index (χ1) is 14.5. The Morgan fingerprint density at radius 3 is 2.60 bits per heavy atom. The molecule has 3 heterocycles. The van der Waals surface area contributed by atoms with Crippen LogP contribution in [-0.4, -0.2) is 34.1 Å². The number of aryl methyl sites for hydroxylation is 1. The van der Waals surface area contributed by atoms with Crippen LogP contribution in [0.15, 0.2) is 53.1 Å². The Morgan fingerprint density at radius 1 is 1.17 bits per heavy atom. The zero-order chi connectivity index (χ0) is 21.1. The van der Waals surface area contributed by atoms with Crippen LogP contribution in [0.25, 0.3) is 11.5 Å². The van der Waals surface area contributed by atoms with Gasteiger partial charge < -0.3 is 14.6 Å². The second-order valence-electron chi connectivity index (χ2n) is 7.23. The van der Waals surface area contributed by atoms with Gasteiger partial charge in [0.2, 0.25) is 5.91 Å². The summed E-state index contributed by atoms with van der Waals surface area (Å²) in [5.41, 5.74) is 1.52. The Balaban J connectivity index is 1.38. The van der Waals surface area contributed by atoms with E-state index in [9.17, 15) is 14.9 Å². The Morgan fingerprint density at radius 2 is 1.97 bits per heavy atom. The van der Waals surface area contributed by atoms with Crippen molar-refractivity contribution in [2.75, 3.05) is 23.3 Å². The van der Waals surface area contributed by atoms with Crippen molar-refractivity contribution in [1.29, 1.82) is 0 Å². The number of hydrogen-bond donors (Lipinski definition) is 1. The molecule has 1 aliphatic rings. The fourth-order valence-corrected chi connectivity index (χ4v) is 3.61. The third-order valence-electron chi connectivity index (χ3n) is 5.31. The second-order valence-corrected chi connectivity index (χ2v) is 7.23. The van der Waals surface area contributed by atoms with Crippen LogP contribution < -0.4 is 10.2 Å². The number of benzene rings is 1. The molecule has 1 amide bonds. The fourth-order valence-electron chi connectivity index (χ4n) is 3.61. The third-order valence-corrected chi connectivity index (χ3v) is 5.31. The first kappa shape index (κ1) is 19.6. The molecular weight excluding hydrogens is 386 g/mol. The van der Waals surface area contributed by atoms with Crippen LogP contribution >= 0.6 is 0 Å². The monoisotopic (exact) mass is 407 g/mol. The van der Waals surface area contributed by atoms with Crippen molar-refractivity contribution >= 4 is 23.1 Å². The van der Waals surface area contributed by atoms with Gasteiger partial charge in [-0.05, 0) is 49.6 Å². The largest absolute Gasteiger partial charge is 0.463 e. The molecule has 154 valence electrons. The summed E-state index contributed by atoms with van der Waals surface area (Å²) in [7, 11) is 0. The number of nitrogens with one attached hydrogen (secondary N) is 1. The lowest BCUT2D eigenvalue weighted by molar-refractivity contribution is -0.384. The number of nitro groups is 1. The number of aromatic nitrogens is 2. The molecule has 30 heavy (non-hydrogen) atoms. The molecule has 0 atom stereocenters. The molecule has 9 nitrogen and oxygen atoms in total. The molecule has 0 unspecified atom stereocenters. The van der Waals surface area contributed by atoms with E-state index in [0.29, 0.717) is 42.9 Å². The zero-order valence-electron chi connectivity index (χ0n) is 16.4. The van der Waals surface area contributed by atoms with Crippen LogP contribution in [0.1, 0.15) is 18.4 Å². The minimum atomic E-state index is -0.476. The average molecular weight is 407 g/mol. The molecule has 9 heteroatoms. The van der Waals surface area contributed by atoms with E-state index >= 15 is 0 Å². The quantitative estimate of drug-likeness (QED) is 0.505. The SMILES string of the molecule is Cc1cccc([N+](=O)[O-])c1NC(=O)C1CCN(c2ccc(-c3ccco3)nn2)CC1. The Labute approximate surface area is 172 Å². The molecule has 1 aromatic carbocycles. The lowest BCUT2D eigenvalue weighted by atomic mass is 9.95. The highest BCUT2D eigenvalue weighted by molar-refractivity contribution is 5.95. The molecule has 0 bridgehead atoms. The summed E-state index contributed by atoms with van der Waals surface area (Å²) >= 11 is 0. The summed E-state index contributed by atoms with van der Waals surface area (Å²) in [6.45, 7) is 3.06. The van der Waals surface area contributed by atoms with E-state index < -0.39 is 4.92 Å². The number of piperidine rings is 1. The molecule has 1 aliphatic heterocycles. The smallest absolute Gasteiger partial charge is 0.293 e. The molecule has 3 aromatic rings. The van der Waals surface area contributed by atoms with Gasteiger partial charge in [0.05, 0.1) is 11.2 Å². The van der Waals surface area contributed by atoms with Gasteiger partial charge in [0.1, 0.15) is 11.4 Å². The Hall–Kier alpha value is -3.75. The number of carbonyl (C=O) groups excluding carboxylic acids is 1. The van der Waals surface area contributed by atoms with Gasteiger partial charge in [0.15, 0.2) is 11.6 Å². The van der Waals surface area contributed by atoms with Crippen LogP contribution in [0.4, 0.5) is 17.2 Å². The van der Waals surface area contributed by atoms with Crippen LogP contribution in [0.5, 0.6) is 0 Å².